The average Bonchev–Trinajstić information content (AvgIpc) is 2.89. The molecule has 70 valence electrons. The maximum Gasteiger partial charge on any atom is 0.0850 e. The maximum atomic E-state index is 10.9. The number of anilines is 1. The number of rotatable bonds is 3. The molecule has 0 aromatic heterocycles. The van der Waals surface area contributed by atoms with Gasteiger partial charge in [0, 0.05) is 12.1 Å². The van der Waals surface area contributed by atoms with E-state index < -0.39 is 0 Å². The highest BCUT2D eigenvalue weighted by Gasteiger charge is 2.22. The number of nitrogens with zero attached hydrogens (tertiary/aromatic N) is 1. The molecular weight excluding hydrogens is 166 g/mol. The van der Waals surface area contributed by atoms with Crippen molar-refractivity contribution in [3.05, 3.63) is 35.0 Å². The zero-order chi connectivity index (χ0) is 9.26. The first-order valence-corrected chi connectivity index (χ1v) is 4.37. The molecule has 13 heavy (non-hydrogen) atoms. The topological polar surface area (TPSA) is 38.8 Å². The largest absolute Gasteiger partial charge is 0.758 e. The van der Waals surface area contributed by atoms with E-state index in [4.69, 9.17) is 4.74 Å². The van der Waals surface area contributed by atoms with Crippen molar-refractivity contribution in [3.8, 4) is 0 Å². The minimum absolute atomic E-state index is 0.413. The molecule has 0 aliphatic carbocycles. The molecule has 0 radical (unpaired) electrons. The number of hydrogen-bond donors (Lipinski definition) is 0. The lowest BCUT2D eigenvalue weighted by Crippen LogP contribution is -2.05. The summed E-state index contributed by atoms with van der Waals surface area (Å²) in [4.78, 5) is 0. The van der Waals surface area contributed by atoms with Gasteiger partial charge in [-0.1, -0.05) is 12.1 Å². The normalized spacial score (nSPS) is 20.0. The predicted molar refractivity (Wildman–Crippen MR) is 51.7 cm³/mol. The highest BCUT2D eigenvalue weighted by Crippen LogP contribution is 2.18. The van der Waals surface area contributed by atoms with Gasteiger partial charge in [-0.15, -0.1) is 0 Å². The Kier molecular flexibility index (Phi) is 2.20. The van der Waals surface area contributed by atoms with Crippen LogP contribution in [-0.4, -0.2) is 19.8 Å². The monoisotopic (exact) mass is 178 g/mol. The average molecular weight is 178 g/mol. The van der Waals surface area contributed by atoms with Crippen LogP contribution in [0.25, 0.3) is 0 Å². The van der Waals surface area contributed by atoms with Gasteiger partial charge in [-0.3, -0.25) is 0 Å². The Morgan fingerprint density at radius 1 is 1.46 bits per heavy atom. The molecule has 1 unspecified atom stereocenters. The van der Waals surface area contributed by atoms with Gasteiger partial charge in [-0.05, 0) is 24.7 Å². The summed E-state index contributed by atoms with van der Waals surface area (Å²) in [7, 11) is 1.50. The van der Waals surface area contributed by atoms with Crippen LogP contribution in [0.2, 0.25) is 0 Å². The molecule has 1 atom stereocenters. The van der Waals surface area contributed by atoms with Gasteiger partial charge in [0.25, 0.3) is 0 Å². The molecule has 3 nitrogen and oxygen atoms in total. The van der Waals surface area contributed by atoms with Crippen LogP contribution >= 0.6 is 0 Å². The van der Waals surface area contributed by atoms with Gasteiger partial charge in [-0.2, -0.15) is 0 Å². The van der Waals surface area contributed by atoms with Crippen LogP contribution in [-0.2, 0) is 11.2 Å². The van der Waals surface area contributed by atoms with Crippen molar-refractivity contribution in [3.63, 3.8) is 0 Å². The van der Waals surface area contributed by atoms with E-state index in [1.54, 1.807) is 0 Å². The Morgan fingerprint density at radius 3 is 2.54 bits per heavy atom. The molecule has 2 rings (SSSR count). The van der Waals surface area contributed by atoms with E-state index in [9.17, 15) is 5.21 Å². The fourth-order valence-corrected chi connectivity index (χ4v) is 1.29. The van der Waals surface area contributed by atoms with Gasteiger partial charge in [0.05, 0.1) is 12.7 Å². The Bertz CT molecular complexity index is 277. The minimum Gasteiger partial charge on any atom is -0.758 e. The van der Waals surface area contributed by atoms with Crippen molar-refractivity contribution >= 4 is 5.69 Å². The summed E-state index contributed by atoms with van der Waals surface area (Å²) in [5.74, 6) is 0. The Balaban J connectivity index is 2.04. The molecule has 1 aromatic carbocycles. The molecular formula is C10H12NO2-. The second-order valence-electron chi connectivity index (χ2n) is 3.32. The van der Waals surface area contributed by atoms with Crippen molar-refractivity contribution in [2.45, 2.75) is 12.5 Å². The molecule has 0 saturated carbocycles. The quantitative estimate of drug-likeness (QED) is 0.521. The van der Waals surface area contributed by atoms with Crippen LogP contribution in [0.1, 0.15) is 5.56 Å². The zero-order valence-electron chi connectivity index (χ0n) is 7.56. The van der Waals surface area contributed by atoms with E-state index in [2.05, 4.69) is 0 Å². The van der Waals surface area contributed by atoms with Gasteiger partial charge in [0.2, 0.25) is 0 Å². The summed E-state index contributed by atoms with van der Waals surface area (Å²) in [5.41, 5.74) is 1.92. The molecule has 1 aliphatic rings. The third-order valence-corrected chi connectivity index (χ3v) is 2.17. The molecule has 1 saturated heterocycles. The first-order valence-electron chi connectivity index (χ1n) is 4.37. The minimum atomic E-state index is 0.413. The molecule has 1 heterocycles. The van der Waals surface area contributed by atoms with Crippen molar-refractivity contribution in [2.75, 3.05) is 18.7 Å². The van der Waals surface area contributed by atoms with Gasteiger partial charge in [0.15, 0.2) is 0 Å². The summed E-state index contributed by atoms with van der Waals surface area (Å²) < 4.78 is 5.12. The molecule has 0 N–H and O–H groups in total. The van der Waals surface area contributed by atoms with Gasteiger partial charge in [0.1, 0.15) is 0 Å². The smallest absolute Gasteiger partial charge is 0.0850 e. The summed E-state index contributed by atoms with van der Waals surface area (Å²) in [6, 6.07) is 7.63. The fraction of sp³-hybridized carbons (Fsp3) is 0.400. The lowest BCUT2D eigenvalue weighted by molar-refractivity contribution is 0.407. The number of epoxide rings is 1. The van der Waals surface area contributed by atoms with Gasteiger partial charge >= 0.3 is 0 Å². The summed E-state index contributed by atoms with van der Waals surface area (Å²) >= 11 is 0. The highest BCUT2D eigenvalue weighted by molar-refractivity contribution is 5.47. The Hall–Kier alpha value is -1.06. The van der Waals surface area contributed by atoms with E-state index in [-0.39, 0.29) is 0 Å². The van der Waals surface area contributed by atoms with Gasteiger partial charge in [-0.25, -0.2) is 0 Å². The zero-order valence-corrected chi connectivity index (χ0v) is 7.56. The van der Waals surface area contributed by atoms with E-state index >= 15 is 0 Å². The van der Waals surface area contributed by atoms with E-state index in [0.29, 0.717) is 11.8 Å². The van der Waals surface area contributed by atoms with Crippen LogP contribution in [0.4, 0.5) is 5.69 Å². The van der Waals surface area contributed by atoms with Crippen LogP contribution in [0.15, 0.2) is 24.3 Å². The molecule has 1 aromatic rings. The van der Waals surface area contributed by atoms with Crippen molar-refractivity contribution < 1.29 is 4.74 Å². The summed E-state index contributed by atoms with van der Waals surface area (Å²) in [6.45, 7) is 0.878. The van der Waals surface area contributed by atoms with Gasteiger partial charge < -0.3 is 15.0 Å². The van der Waals surface area contributed by atoms with Crippen molar-refractivity contribution in [1.82, 2.24) is 0 Å². The number of hydroxylamine groups is 1. The number of ether oxygens (including phenoxy) is 1. The third kappa shape index (κ3) is 2.20. The second-order valence-corrected chi connectivity index (χ2v) is 3.32. The second kappa shape index (κ2) is 3.36. The van der Waals surface area contributed by atoms with E-state index in [1.165, 1.54) is 12.6 Å². The maximum absolute atomic E-state index is 10.9. The standard InChI is InChI=1S/C10H12NO2/c1-11(12)9-4-2-8(3-5-9)6-10-7-13-10/h2-5,10H,6-7H2,1H3/q-1. The molecule has 0 bridgehead atoms. The fourth-order valence-electron chi connectivity index (χ4n) is 1.29. The molecule has 1 fully saturated rings. The molecule has 0 spiro atoms. The summed E-state index contributed by atoms with van der Waals surface area (Å²) in [6.07, 6.45) is 1.37. The predicted octanol–water partition coefficient (Wildman–Crippen LogP) is 1.56. The first-order chi connectivity index (χ1) is 6.25. The molecule has 1 aliphatic heterocycles. The van der Waals surface area contributed by atoms with Crippen molar-refractivity contribution in [1.29, 1.82) is 0 Å². The molecule has 3 heteroatoms. The Morgan fingerprint density at radius 2 is 2.08 bits per heavy atom. The summed E-state index contributed by atoms with van der Waals surface area (Å²) in [5, 5.41) is 11.7. The van der Waals surface area contributed by atoms with E-state index in [0.717, 1.165) is 18.1 Å². The number of hydrogen-bond acceptors (Lipinski definition) is 3. The van der Waals surface area contributed by atoms with Crippen LogP contribution in [0, 0.1) is 5.21 Å². The van der Waals surface area contributed by atoms with Crippen LogP contribution < -0.4 is 5.06 Å². The van der Waals surface area contributed by atoms with Crippen LogP contribution in [0.5, 0.6) is 0 Å². The highest BCUT2D eigenvalue weighted by atomic mass is 16.6. The molecule has 0 amide bonds. The van der Waals surface area contributed by atoms with Crippen molar-refractivity contribution in [2.24, 2.45) is 0 Å². The van der Waals surface area contributed by atoms with E-state index in [1.807, 2.05) is 24.3 Å². The lowest BCUT2D eigenvalue weighted by Gasteiger charge is -2.24. The SMILES string of the molecule is CN([O-])c1ccc(CC2CO2)cc1. The number of benzene rings is 1. The van der Waals surface area contributed by atoms with Crippen LogP contribution in [0.3, 0.4) is 0 Å². The third-order valence-electron chi connectivity index (χ3n) is 2.17. The Labute approximate surface area is 77.5 Å². The first kappa shape index (κ1) is 8.53. The lowest BCUT2D eigenvalue weighted by atomic mass is 10.1.